The highest BCUT2D eigenvalue weighted by atomic mass is 35.5. The second kappa shape index (κ2) is 17.8. The fourth-order valence-corrected chi connectivity index (χ4v) is 8.11. The molecule has 3 fully saturated rings. The minimum absolute atomic E-state index is 0. The molecule has 3 amide bonds. The largest absolute Gasteiger partial charge is 0.481 e. The van der Waals surface area contributed by atoms with Crippen molar-refractivity contribution >= 4 is 76.7 Å². The van der Waals surface area contributed by atoms with E-state index in [0.29, 0.717) is 64.7 Å². The lowest BCUT2D eigenvalue weighted by Crippen LogP contribution is -2.49. The highest BCUT2D eigenvalue weighted by Gasteiger charge is 2.45. The van der Waals surface area contributed by atoms with Crippen LogP contribution in [0.5, 0.6) is 0 Å². The minimum atomic E-state index is -0.871. The van der Waals surface area contributed by atoms with Crippen molar-refractivity contribution in [3.63, 3.8) is 0 Å². The van der Waals surface area contributed by atoms with Crippen molar-refractivity contribution in [3.05, 3.63) is 104 Å². The molecule has 14 heteroatoms. The number of carboxylic acids is 1. The van der Waals surface area contributed by atoms with Crippen LogP contribution in [0.2, 0.25) is 20.1 Å². The molecule has 3 aromatic carbocycles. The zero-order valence-electron chi connectivity index (χ0n) is 28.5. The number of hydrogen-bond donors (Lipinski definition) is 2. The first-order valence-electron chi connectivity index (χ1n) is 16.8. The van der Waals surface area contributed by atoms with Crippen molar-refractivity contribution in [2.75, 3.05) is 66.0 Å². The van der Waals surface area contributed by atoms with Gasteiger partial charge in [0.05, 0.1) is 31.1 Å². The number of halogens is 5. The Bertz CT molecular complexity index is 1660. The fourth-order valence-electron chi connectivity index (χ4n) is 7.26. The number of amides is 3. The van der Waals surface area contributed by atoms with Gasteiger partial charge in [-0.2, -0.15) is 0 Å². The molecule has 0 bridgehead atoms. The number of urea groups is 1. The Morgan fingerprint density at radius 2 is 1.35 bits per heavy atom. The summed E-state index contributed by atoms with van der Waals surface area (Å²) in [5.41, 5.74) is 6.07. The first kappa shape index (κ1) is 41.0. The number of likely N-dealkylation sites (tertiary alicyclic amines) is 2. The van der Waals surface area contributed by atoms with Gasteiger partial charge in [0.2, 0.25) is 0 Å². The van der Waals surface area contributed by atoms with Crippen molar-refractivity contribution in [3.8, 4) is 0 Å². The molecule has 3 aliphatic rings. The molecular formula is C37H44Cl5N5O4. The monoisotopic (exact) mass is 797 g/mol. The number of carbonyl (C=O) groups excluding carboxylic acids is 2. The number of aliphatic carboxylic acids is 1. The summed E-state index contributed by atoms with van der Waals surface area (Å²) >= 11 is 25.4. The number of rotatable bonds is 7. The molecule has 1 unspecified atom stereocenters. The summed E-state index contributed by atoms with van der Waals surface area (Å²) < 4.78 is 0. The third-order valence-electron chi connectivity index (χ3n) is 10.5. The third kappa shape index (κ3) is 9.43. The number of piperazine rings is 1. The number of likely N-dealkylation sites (N-methyl/N-ethyl adjacent to an activating group) is 1. The predicted octanol–water partition coefficient (Wildman–Crippen LogP) is 7.33. The van der Waals surface area contributed by atoms with Crippen LogP contribution in [0.25, 0.3) is 0 Å². The van der Waals surface area contributed by atoms with Crippen molar-refractivity contribution in [1.82, 2.24) is 19.6 Å². The van der Waals surface area contributed by atoms with Crippen molar-refractivity contribution in [1.29, 1.82) is 0 Å². The van der Waals surface area contributed by atoms with Crippen LogP contribution in [-0.2, 0) is 15.6 Å². The van der Waals surface area contributed by atoms with E-state index in [1.165, 1.54) is 0 Å². The van der Waals surface area contributed by atoms with Gasteiger partial charge in [-0.15, -0.1) is 12.4 Å². The second-order valence-corrected chi connectivity index (χ2v) is 15.1. The quantitative estimate of drug-likeness (QED) is 0.259. The second-order valence-electron chi connectivity index (χ2n) is 13.5. The molecule has 0 radical (unpaired) electrons. The first-order valence-corrected chi connectivity index (χ1v) is 18.3. The minimum Gasteiger partial charge on any atom is -0.481 e. The summed E-state index contributed by atoms with van der Waals surface area (Å²) in [6, 6.07) is 20.0. The van der Waals surface area contributed by atoms with E-state index in [4.69, 9.17) is 52.1 Å². The molecule has 3 N–H and O–H groups in total. The highest BCUT2D eigenvalue weighted by molar-refractivity contribution is 6.42. The number of hydrogen-bond acceptors (Lipinski definition) is 5. The molecule has 9 nitrogen and oxygen atoms in total. The van der Waals surface area contributed by atoms with E-state index in [2.05, 4.69) is 9.80 Å². The summed E-state index contributed by atoms with van der Waals surface area (Å²) in [7, 11) is 2.04. The Labute approximate surface area is 325 Å². The number of primary amides is 1. The van der Waals surface area contributed by atoms with E-state index in [9.17, 15) is 19.5 Å². The van der Waals surface area contributed by atoms with E-state index in [1.807, 2.05) is 54.4 Å². The summed E-state index contributed by atoms with van der Waals surface area (Å²) in [6.07, 6.45) is 2.61. The van der Waals surface area contributed by atoms with E-state index >= 15 is 0 Å². The van der Waals surface area contributed by atoms with Crippen LogP contribution in [0.1, 0.15) is 47.2 Å². The Morgan fingerprint density at radius 3 is 1.92 bits per heavy atom. The number of carboxylic acid groups (broad SMARTS) is 1. The van der Waals surface area contributed by atoms with E-state index in [0.717, 1.165) is 56.7 Å². The van der Waals surface area contributed by atoms with E-state index < -0.39 is 11.4 Å². The molecule has 3 aliphatic heterocycles. The van der Waals surface area contributed by atoms with Crippen LogP contribution in [0.15, 0.2) is 66.7 Å². The lowest BCUT2D eigenvalue weighted by Gasteiger charge is -2.40. The molecular weight excluding hydrogens is 756 g/mol. The molecule has 0 spiro atoms. The predicted molar refractivity (Wildman–Crippen MR) is 207 cm³/mol. The Kier molecular flexibility index (Phi) is 14.3. The van der Waals surface area contributed by atoms with E-state index in [1.54, 1.807) is 29.2 Å². The van der Waals surface area contributed by atoms with Crippen molar-refractivity contribution in [2.45, 2.75) is 36.5 Å². The SMILES string of the molecule is CN1CCN(C(N)=O)CC1.Cl.O=C(c1c(Cl)cccc1Cl)N1CCC(CCN2CCC(C(=O)O)(c3ccccc3)CC2)(c2ccc(Cl)c(Cl)c2)C1. The smallest absolute Gasteiger partial charge is 0.314 e. The van der Waals surface area contributed by atoms with Crippen LogP contribution in [0.3, 0.4) is 0 Å². The van der Waals surface area contributed by atoms with Crippen LogP contribution in [-0.4, -0.2) is 109 Å². The first-order chi connectivity index (χ1) is 23.8. The van der Waals surface area contributed by atoms with Gasteiger partial charge in [0.1, 0.15) is 0 Å². The molecule has 3 aromatic rings. The van der Waals surface area contributed by atoms with Gasteiger partial charge in [-0.05, 0) is 87.8 Å². The van der Waals surface area contributed by atoms with Gasteiger partial charge in [0, 0.05) is 44.7 Å². The summed E-state index contributed by atoms with van der Waals surface area (Å²) in [5, 5.41) is 11.8. The number of benzene rings is 3. The number of nitrogens with two attached hydrogens (primary N) is 1. The fraction of sp³-hybridized carbons (Fsp3) is 0.432. The molecule has 3 saturated heterocycles. The third-order valence-corrected chi connectivity index (χ3v) is 11.9. The van der Waals surface area contributed by atoms with Crippen LogP contribution in [0.4, 0.5) is 4.79 Å². The van der Waals surface area contributed by atoms with Gasteiger partial charge < -0.3 is 30.4 Å². The van der Waals surface area contributed by atoms with Gasteiger partial charge in [-0.1, -0.05) is 88.9 Å². The maximum Gasteiger partial charge on any atom is 0.314 e. The van der Waals surface area contributed by atoms with Gasteiger partial charge in [0.15, 0.2) is 0 Å². The standard InChI is InChI=1S/C31H30Cl4N2O3.C6H13N3O.ClH/c32-23-10-9-22(19-26(23)35)30(12-18-37(20-30)28(38)27-24(33)7-4-8-25(27)34)11-15-36-16-13-31(14-17-36,29(39)40)21-5-2-1-3-6-21;1-8-2-4-9(5-3-8)6(7)10;/h1-10,19H,11-18,20H2,(H,39,40);2-5H2,1H3,(H2,7,10);1H. The zero-order valence-corrected chi connectivity index (χ0v) is 32.3. The normalized spacial score (nSPS) is 20.6. The lowest BCUT2D eigenvalue weighted by molar-refractivity contribution is -0.146. The molecule has 0 aliphatic carbocycles. The van der Waals surface area contributed by atoms with Crippen LogP contribution in [0, 0.1) is 0 Å². The van der Waals surface area contributed by atoms with Gasteiger partial charge in [-0.3, -0.25) is 9.59 Å². The van der Waals surface area contributed by atoms with Crippen molar-refractivity contribution in [2.24, 2.45) is 5.73 Å². The number of piperidine rings is 1. The van der Waals surface area contributed by atoms with Crippen LogP contribution < -0.4 is 5.73 Å². The Morgan fingerprint density at radius 1 is 0.725 bits per heavy atom. The summed E-state index contributed by atoms with van der Waals surface area (Å²) in [4.78, 5) is 44.5. The van der Waals surface area contributed by atoms with Gasteiger partial charge >= 0.3 is 12.0 Å². The maximum absolute atomic E-state index is 13.5. The zero-order chi connectivity index (χ0) is 36.1. The average molecular weight is 800 g/mol. The molecule has 3 heterocycles. The maximum atomic E-state index is 13.5. The molecule has 51 heavy (non-hydrogen) atoms. The van der Waals surface area contributed by atoms with Crippen LogP contribution >= 0.6 is 58.8 Å². The molecule has 0 aromatic heterocycles. The number of carbonyl (C=O) groups is 3. The van der Waals surface area contributed by atoms with Gasteiger partial charge in [-0.25, -0.2) is 4.79 Å². The average Bonchev–Trinajstić information content (AvgIpc) is 3.55. The summed E-state index contributed by atoms with van der Waals surface area (Å²) in [5.74, 6) is -0.960. The lowest BCUT2D eigenvalue weighted by atomic mass is 9.72. The number of nitrogens with zero attached hydrogens (tertiary/aromatic N) is 4. The highest BCUT2D eigenvalue weighted by Crippen LogP contribution is 2.42. The molecule has 6 rings (SSSR count). The Hall–Kier alpha value is -2.76. The molecule has 276 valence electrons. The molecule has 1 atom stereocenters. The topological polar surface area (TPSA) is 110 Å². The molecule has 0 saturated carbocycles. The van der Waals surface area contributed by atoms with E-state index in [-0.39, 0.29) is 29.8 Å². The van der Waals surface area contributed by atoms with Crippen molar-refractivity contribution < 1.29 is 19.5 Å². The van der Waals surface area contributed by atoms with Gasteiger partial charge in [0.25, 0.3) is 5.91 Å². The summed E-state index contributed by atoms with van der Waals surface area (Å²) in [6.45, 7) is 6.56. The Balaban J connectivity index is 0.000000458.